The van der Waals surface area contributed by atoms with Gasteiger partial charge in [0.2, 0.25) is 0 Å². The number of hydrogen-bond donors (Lipinski definition) is 1. The standard InChI is InChI=1S/C16H27NO/c1-5-13(6-2)11-16(17-7-3)14-9-8-10-15(12-14)18-4/h8-10,12-13,16-17H,5-7,11H2,1-4H3. The first kappa shape index (κ1) is 15.0. The second-order valence-corrected chi connectivity index (χ2v) is 4.81. The minimum atomic E-state index is 0.440. The molecule has 1 rings (SSSR count). The maximum absolute atomic E-state index is 5.31. The Kier molecular flexibility index (Phi) is 6.81. The van der Waals surface area contributed by atoms with Gasteiger partial charge in [-0.1, -0.05) is 45.7 Å². The molecule has 0 bridgehead atoms. The predicted molar refractivity (Wildman–Crippen MR) is 78.1 cm³/mol. The molecule has 0 aliphatic heterocycles. The average molecular weight is 249 g/mol. The third kappa shape index (κ3) is 4.34. The van der Waals surface area contributed by atoms with Gasteiger partial charge in [0.05, 0.1) is 7.11 Å². The zero-order valence-corrected chi connectivity index (χ0v) is 12.2. The largest absolute Gasteiger partial charge is 0.497 e. The first-order valence-electron chi connectivity index (χ1n) is 7.12. The van der Waals surface area contributed by atoms with Crippen LogP contribution in [0.2, 0.25) is 0 Å². The SMILES string of the molecule is CCNC(CC(CC)CC)c1cccc(OC)c1. The first-order chi connectivity index (χ1) is 8.74. The number of benzene rings is 1. The molecule has 1 aromatic rings. The summed E-state index contributed by atoms with van der Waals surface area (Å²) in [6, 6.07) is 8.86. The van der Waals surface area contributed by atoms with Crippen molar-refractivity contribution in [2.75, 3.05) is 13.7 Å². The van der Waals surface area contributed by atoms with Crippen LogP contribution in [0.5, 0.6) is 5.75 Å². The van der Waals surface area contributed by atoms with E-state index in [1.54, 1.807) is 7.11 Å². The monoisotopic (exact) mass is 249 g/mol. The lowest BCUT2D eigenvalue weighted by Gasteiger charge is -2.23. The molecule has 0 aromatic heterocycles. The Morgan fingerprint density at radius 1 is 1.17 bits per heavy atom. The molecule has 0 saturated heterocycles. The van der Waals surface area contributed by atoms with Gasteiger partial charge >= 0.3 is 0 Å². The smallest absolute Gasteiger partial charge is 0.119 e. The van der Waals surface area contributed by atoms with Crippen molar-refractivity contribution in [3.8, 4) is 5.75 Å². The van der Waals surface area contributed by atoms with Crippen LogP contribution < -0.4 is 10.1 Å². The Labute approximate surface area is 112 Å². The molecule has 0 spiro atoms. The zero-order chi connectivity index (χ0) is 13.4. The van der Waals surface area contributed by atoms with Crippen LogP contribution in [0.3, 0.4) is 0 Å². The van der Waals surface area contributed by atoms with E-state index in [1.807, 2.05) is 6.07 Å². The van der Waals surface area contributed by atoms with Gasteiger partial charge in [0, 0.05) is 6.04 Å². The van der Waals surface area contributed by atoms with Crippen molar-refractivity contribution in [2.24, 2.45) is 5.92 Å². The molecule has 0 radical (unpaired) electrons. The fraction of sp³-hybridized carbons (Fsp3) is 0.625. The first-order valence-corrected chi connectivity index (χ1v) is 7.12. The Morgan fingerprint density at radius 3 is 2.44 bits per heavy atom. The van der Waals surface area contributed by atoms with Crippen molar-refractivity contribution in [3.05, 3.63) is 29.8 Å². The van der Waals surface area contributed by atoms with Gasteiger partial charge in [0.1, 0.15) is 5.75 Å². The lowest BCUT2D eigenvalue weighted by atomic mass is 9.91. The second-order valence-electron chi connectivity index (χ2n) is 4.81. The summed E-state index contributed by atoms with van der Waals surface area (Å²) < 4.78 is 5.31. The summed E-state index contributed by atoms with van der Waals surface area (Å²) in [5.74, 6) is 1.74. The molecule has 2 heteroatoms. The molecule has 1 unspecified atom stereocenters. The van der Waals surface area contributed by atoms with Crippen LogP contribution in [0.4, 0.5) is 0 Å². The maximum atomic E-state index is 5.31. The van der Waals surface area contributed by atoms with Gasteiger partial charge in [-0.25, -0.2) is 0 Å². The molecular weight excluding hydrogens is 222 g/mol. The molecule has 102 valence electrons. The van der Waals surface area contributed by atoms with Crippen LogP contribution in [-0.2, 0) is 0 Å². The number of rotatable bonds is 8. The normalized spacial score (nSPS) is 12.7. The lowest BCUT2D eigenvalue weighted by Crippen LogP contribution is -2.23. The fourth-order valence-corrected chi connectivity index (χ4v) is 2.40. The summed E-state index contributed by atoms with van der Waals surface area (Å²) in [4.78, 5) is 0. The molecule has 0 aliphatic carbocycles. The van der Waals surface area contributed by atoms with Gasteiger partial charge in [-0.2, -0.15) is 0 Å². The summed E-state index contributed by atoms with van der Waals surface area (Å²) in [5, 5.41) is 3.59. The Morgan fingerprint density at radius 2 is 1.89 bits per heavy atom. The van der Waals surface area contributed by atoms with Crippen molar-refractivity contribution in [1.82, 2.24) is 5.32 Å². The number of methoxy groups -OCH3 is 1. The Balaban J connectivity index is 2.81. The highest BCUT2D eigenvalue weighted by molar-refractivity contribution is 5.30. The van der Waals surface area contributed by atoms with Gasteiger partial charge in [0.15, 0.2) is 0 Å². The molecule has 1 atom stereocenters. The molecule has 2 nitrogen and oxygen atoms in total. The summed E-state index contributed by atoms with van der Waals surface area (Å²) >= 11 is 0. The highest BCUT2D eigenvalue weighted by Gasteiger charge is 2.15. The topological polar surface area (TPSA) is 21.3 Å². The summed E-state index contributed by atoms with van der Waals surface area (Å²) in [5.41, 5.74) is 1.34. The van der Waals surface area contributed by atoms with Gasteiger partial charge in [0.25, 0.3) is 0 Å². The molecule has 0 aliphatic rings. The van der Waals surface area contributed by atoms with Crippen LogP contribution in [0.1, 0.15) is 51.6 Å². The van der Waals surface area contributed by atoms with Crippen LogP contribution in [-0.4, -0.2) is 13.7 Å². The lowest BCUT2D eigenvalue weighted by molar-refractivity contribution is 0.373. The van der Waals surface area contributed by atoms with Crippen LogP contribution >= 0.6 is 0 Å². The molecule has 0 amide bonds. The quantitative estimate of drug-likeness (QED) is 0.746. The average Bonchev–Trinajstić information content (AvgIpc) is 2.43. The second kappa shape index (κ2) is 8.15. The van der Waals surface area contributed by atoms with E-state index in [-0.39, 0.29) is 0 Å². The van der Waals surface area contributed by atoms with E-state index in [9.17, 15) is 0 Å². The van der Waals surface area contributed by atoms with Crippen molar-refractivity contribution >= 4 is 0 Å². The molecular formula is C16H27NO. The molecule has 0 heterocycles. The molecule has 18 heavy (non-hydrogen) atoms. The molecule has 0 saturated carbocycles. The van der Waals surface area contributed by atoms with Gasteiger partial charge < -0.3 is 10.1 Å². The van der Waals surface area contributed by atoms with Crippen LogP contribution in [0.25, 0.3) is 0 Å². The highest BCUT2D eigenvalue weighted by Crippen LogP contribution is 2.27. The number of nitrogens with one attached hydrogen (secondary N) is 1. The van der Waals surface area contributed by atoms with E-state index in [4.69, 9.17) is 4.74 Å². The highest BCUT2D eigenvalue weighted by atomic mass is 16.5. The van der Waals surface area contributed by atoms with E-state index >= 15 is 0 Å². The minimum absolute atomic E-state index is 0.440. The van der Waals surface area contributed by atoms with E-state index < -0.39 is 0 Å². The summed E-state index contributed by atoms with van der Waals surface area (Å²) in [7, 11) is 1.72. The Hall–Kier alpha value is -1.02. The molecule has 1 aromatic carbocycles. The Bertz CT molecular complexity index is 334. The van der Waals surface area contributed by atoms with Crippen molar-refractivity contribution in [3.63, 3.8) is 0 Å². The zero-order valence-electron chi connectivity index (χ0n) is 12.2. The van der Waals surface area contributed by atoms with Crippen LogP contribution in [0, 0.1) is 5.92 Å². The van der Waals surface area contributed by atoms with Crippen LogP contribution in [0.15, 0.2) is 24.3 Å². The van der Waals surface area contributed by atoms with E-state index in [0.29, 0.717) is 6.04 Å². The van der Waals surface area contributed by atoms with Crippen molar-refractivity contribution in [1.29, 1.82) is 0 Å². The summed E-state index contributed by atoms with van der Waals surface area (Å²) in [6.07, 6.45) is 3.71. The van der Waals surface area contributed by atoms with E-state index in [2.05, 4.69) is 44.3 Å². The number of ether oxygens (including phenoxy) is 1. The van der Waals surface area contributed by atoms with Gasteiger partial charge in [-0.05, 0) is 36.6 Å². The van der Waals surface area contributed by atoms with Crippen molar-refractivity contribution < 1.29 is 4.74 Å². The molecule has 0 fully saturated rings. The van der Waals surface area contributed by atoms with Crippen molar-refractivity contribution in [2.45, 2.75) is 46.1 Å². The number of hydrogen-bond acceptors (Lipinski definition) is 2. The molecule has 1 N–H and O–H groups in total. The predicted octanol–water partition coefficient (Wildman–Crippen LogP) is 4.17. The third-order valence-electron chi connectivity index (χ3n) is 3.67. The third-order valence-corrected chi connectivity index (χ3v) is 3.67. The fourth-order valence-electron chi connectivity index (χ4n) is 2.40. The maximum Gasteiger partial charge on any atom is 0.119 e. The van der Waals surface area contributed by atoms with Gasteiger partial charge in [-0.3, -0.25) is 0 Å². The summed E-state index contributed by atoms with van der Waals surface area (Å²) in [6.45, 7) is 7.73. The minimum Gasteiger partial charge on any atom is -0.497 e. The van der Waals surface area contributed by atoms with E-state index in [1.165, 1.54) is 24.8 Å². The van der Waals surface area contributed by atoms with Gasteiger partial charge in [-0.15, -0.1) is 0 Å². The van der Waals surface area contributed by atoms with E-state index in [0.717, 1.165) is 18.2 Å².